The van der Waals surface area contributed by atoms with Gasteiger partial charge in [-0.25, -0.2) is 0 Å². The number of hydrogen-bond donors (Lipinski definition) is 0. The first-order valence-electron chi connectivity index (χ1n) is 27.5. The quantitative estimate of drug-likeness (QED) is 0.0262. The molecule has 0 amide bonds. The van der Waals surface area contributed by atoms with Crippen molar-refractivity contribution in [1.29, 1.82) is 0 Å². The van der Waals surface area contributed by atoms with Crippen LogP contribution in [0.15, 0.2) is 36.5 Å². The van der Waals surface area contributed by atoms with Gasteiger partial charge in [0.25, 0.3) is 0 Å². The molecule has 0 rings (SSSR count). The smallest absolute Gasteiger partial charge is 0.306 e. The molecule has 63 heavy (non-hydrogen) atoms. The number of unbranched alkanes of at least 4 members (excludes halogenated alkanes) is 33. The van der Waals surface area contributed by atoms with Crippen LogP contribution < -0.4 is 0 Å². The molecular weight excluding hydrogens is 781 g/mol. The van der Waals surface area contributed by atoms with Crippen LogP contribution in [0.4, 0.5) is 0 Å². The van der Waals surface area contributed by atoms with E-state index in [1.54, 1.807) is 0 Å². The summed E-state index contributed by atoms with van der Waals surface area (Å²) in [7, 11) is 0. The first-order chi connectivity index (χ1) is 31.0. The Morgan fingerprint density at radius 3 is 0.810 bits per heavy atom. The van der Waals surface area contributed by atoms with E-state index >= 15 is 0 Å². The van der Waals surface area contributed by atoms with E-state index in [0.29, 0.717) is 19.3 Å². The molecule has 0 heterocycles. The van der Waals surface area contributed by atoms with Gasteiger partial charge in [-0.1, -0.05) is 211 Å². The van der Waals surface area contributed by atoms with Gasteiger partial charge in [0.1, 0.15) is 13.2 Å². The van der Waals surface area contributed by atoms with Crippen molar-refractivity contribution < 1.29 is 28.6 Å². The van der Waals surface area contributed by atoms with E-state index in [1.807, 2.05) is 0 Å². The lowest BCUT2D eigenvalue weighted by Gasteiger charge is -2.18. The predicted octanol–water partition coefficient (Wildman–Crippen LogP) is 18.1. The molecule has 0 aliphatic carbocycles. The summed E-state index contributed by atoms with van der Waals surface area (Å²) in [5, 5.41) is 0. The SMILES string of the molecule is CCCCCC/C=C\CCCCCCCC(=O)OC[C@@H](COC(=O)CCCCCCCCCCC/C=C\CCCCCCCC)OC(=O)CCCCCCC/C=C\CCCCCC. The first-order valence-corrected chi connectivity index (χ1v) is 27.5. The molecule has 0 fully saturated rings. The highest BCUT2D eigenvalue weighted by Crippen LogP contribution is 2.15. The average Bonchev–Trinajstić information content (AvgIpc) is 3.28. The van der Waals surface area contributed by atoms with Gasteiger partial charge < -0.3 is 14.2 Å². The second-order valence-electron chi connectivity index (χ2n) is 18.5. The molecule has 0 aliphatic rings. The Morgan fingerprint density at radius 2 is 0.524 bits per heavy atom. The Labute approximate surface area is 391 Å². The number of carbonyl (C=O) groups excluding carboxylic acids is 3. The van der Waals surface area contributed by atoms with Crippen LogP contribution in [-0.4, -0.2) is 37.2 Å². The maximum Gasteiger partial charge on any atom is 0.306 e. The van der Waals surface area contributed by atoms with Crippen LogP contribution in [0.5, 0.6) is 0 Å². The molecule has 0 aromatic rings. The molecule has 0 spiro atoms. The number of ether oxygens (including phenoxy) is 3. The molecule has 0 bridgehead atoms. The second kappa shape index (κ2) is 52.3. The summed E-state index contributed by atoms with van der Waals surface area (Å²) >= 11 is 0. The van der Waals surface area contributed by atoms with Gasteiger partial charge in [0, 0.05) is 19.3 Å². The van der Waals surface area contributed by atoms with Gasteiger partial charge in [-0.2, -0.15) is 0 Å². The van der Waals surface area contributed by atoms with Crippen LogP contribution in [-0.2, 0) is 28.6 Å². The molecule has 0 radical (unpaired) electrons. The van der Waals surface area contributed by atoms with Crippen molar-refractivity contribution in [2.75, 3.05) is 13.2 Å². The molecule has 0 aromatic carbocycles. The lowest BCUT2D eigenvalue weighted by atomic mass is 10.1. The van der Waals surface area contributed by atoms with Gasteiger partial charge in [0.15, 0.2) is 6.10 Å². The fraction of sp³-hybridized carbons (Fsp3) is 0.842. The Bertz CT molecular complexity index is 1060. The third kappa shape index (κ3) is 50.5. The normalized spacial score (nSPS) is 12.2. The van der Waals surface area contributed by atoms with Gasteiger partial charge in [-0.05, 0) is 96.3 Å². The molecular formula is C57H104O6. The van der Waals surface area contributed by atoms with E-state index in [0.717, 1.165) is 77.0 Å². The van der Waals surface area contributed by atoms with Crippen LogP contribution in [0.2, 0.25) is 0 Å². The minimum Gasteiger partial charge on any atom is -0.462 e. The van der Waals surface area contributed by atoms with Crippen molar-refractivity contribution in [3.63, 3.8) is 0 Å². The Hall–Kier alpha value is -2.37. The molecule has 0 N–H and O–H groups in total. The van der Waals surface area contributed by atoms with Crippen molar-refractivity contribution >= 4 is 17.9 Å². The summed E-state index contributed by atoms with van der Waals surface area (Å²) < 4.78 is 16.8. The van der Waals surface area contributed by atoms with Gasteiger partial charge in [0.2, 0.25) is 0 Å². The summed E-state index contributed by atoms with van der Waals surface area (Å²) in [6.07, 6.45) is 61.3. The highest BCUT2D eigenvalue weighted by molar-refractivity contribution is 5.71. The minimum absolute atomic E-state index is 0.0773. The van der Waals surface area contributed by atoms with E-state index in [-0.39, 0.29) is 31.1 Å². The topological polar surface area (TPSA) is 78.9 Å². The van der Waals surface area contributed by atoms with Crippen LogP contribution in [0.3, 0.4) is 0 Å². The summed E-state index contributed by atoms with van der Waals surface area (Å²) in [6, 6.07) is 0. The van der Waals surface area contributed by atoms with Crippen LogP contribution in [0.25, 0.3) is 0 Å². The van der Waals surface area contributed by atoms with E-state index in [1.165, 1.54) is 173 Å². The molecule has 6 nitrogen and oxygen atoms in total. The molecule has 0 aromatic heterocycles. The monoisotopic (exact) mass is 885 g/mol. The van der Waals surface area contributed by atoms with Crippen molar-refractivity contribution in [2.24, 2.45) is 0 Å². The zero-order chi connectivity index (χ0) is 45.8. The Kier molecular flexibility index (Phi) is 50.3. The zero-order valence-electron chi connectivity index (χ0n) is 42.1. The van der Waals surface area contributed by atoms with Crippen LogP contribution >= 0.6 is 0 Å². The highest BCUT2D eigenvalue weighted by Gasteiger charge is 2.19. The number of esters is 3. The molecule has 0 unspecified atom stereocenters. The number of hydrogen-bond acceptors (Lipinski definition) is 6. The van der Waals surface area contributed by atoms with Crippen molar-refractivity contribution in [3.8, 4) is 0 Å². The van der Waals surface area contributed by atoms with Gasteiger partial charge >= 0.3 is 17.9 Å². The van der Waals surface area contributed by atoms with Crippen LogP contribution in [0, 0.1) is 0 Å². The van der Waals surface area contributed by atoms with Crippen molar-refractivity contribution in [2.45, 2.75) is 297 Å². The predicted molar refractivity (Wildman–Crippen MR) is 270 cm³/mol. The van der Waals surface area contributed by atoms with E-state index in [2.05, 4.69) is 57.2 Å². The average molecular weight is 885 g/mol. The fourth-order valence-corrected chi connectivity index (χ4v) is 7.90. The van der Waals surface area contributed by atoms with Gasteiger partial charge in [-0.3, -0.25) is 14.4 Å². The molecule has 0 saturated heterocycles. The fourth-order valence-electron chi connectivity index (χ4n) is 7.90. The summed E-state index contributed by atoms with van der Waals surface area (Å²) in [5.41, 5.74) is 0. The van der Waals surface area contributed by atoms with E-state index < -0.39 is 6.10 Å². The van der Waals surface area contributed by atoms with Gasteiger partial charge in [-0.15, -0.1) is 0 Å². The first kappa shape index (κ1) is 60.6. The summed E-state index contributed by atoms with van der Waals surface area (Å²) in [4.78, 5) is 38.0. The Morgan fingerprint density at radius 1 is 0.302 bits per heavy atom. The van der Waals surface area contributed by atoms with Gasteiger partial charge in [0.05, 0.1) is 0 Å². The molecule has 0 aliphatic heterocycles. The standard InChI is InChI=1S/C57H104O6/c1-4-7-10-13-16-19-22-25-26-27-28-29-30-33-35-38-41-44-47-50-56(59)62-53-54(63-57(60)51-48-45-42-39-36-32-24-21-18-15-12-9-6-3)52-61-55(58)49-46-43-40-37-34-31-23-20-17-14-11-8-5-2/h20-21,23-26,54H,4-19,22,27-53H2,1-3H3/b23-20-,24-21-,26-25-/t54-/m0/s1. The number of rotatable bonds is 50. The lowest BCUT2D eigenvalue weighted by molar-refractivity contribution is -0.167. The van der Waals surface area contributed by atoms with Crippen molar-refractivity contribution in [1.82, 2.24) is 0 Å². The Balaban J connectivity index is 4.33. The van der Waals surface area contributed by atoms with E-state index in [4.69, 9.17) is 14.2 Å². The number of carbonyl (C=O) groups is 3. The molecule has 368 valence electrons. The van der Waals surface area contributed by atoms with Crippen molar-refractivity contribution in [3.05, 3.63) is 36.5 Å². The maximum absolute atomic E-state index is 12.8. The lowest BCUT2D eigenvalue weighted by Crippen LogP contribution is -2.30. The zero-order valence-corrected chi connectivity index (χ0v) is 42.1. The number of allylic oxidation sites excluding steroid dienone is 6. The second-order valence-corrected chi connectivity index (χ2v) is 18.5. The summed E-state index contributed by atoms with van der Waals surface area (Å²) in [5.74, 6) is -0.886. The highest BCUT2D eigenvalue weighted by atomic mass is 16.6. The third-order valence-electron chi connectivity index (χ3n) is 12.1. The minimum atomic E-state index is -0.778. The molecule has 1 atom stereocenters. The van der Waals surface area contributed by atoms with Crippen LogP contribution in [0.1, 0.15) is 290 Å². The largest absolute Gasteiger partial charge is 0.462 e. The summed E-state index contributed by atoms with van der Waals surface area (Å²) in [6.45, 7) is 6.61. The third-order valence-corrected chi connectivity index (χ3v) is 12.1. The molecule has 0 saturated carbocycles. The van der Waals surface area contributed by atoms with E-state index in [9.17, 15) is 14.4 Å². The maximum atomic E-state index is 12.8. The molecule has 6 heteroatoms.